The van der Waals surface area contributed by atoms with Crippen LogP contribution in [-0.2, 0) is 5.54 Å². The Kier molecular flexibility index (Phi) is 5.95. The topological polar surface area (TPSA) is 88.1 Å². The second-order valence-electron chi connectivity index (χ2n) is 11.8. The van der Waals surface area contributed by atoms with Crippen LogP contribution in [0.5, 0.6) is 0 Å². The Morgan fingerprint density at radius 1 is 1.02 bits per heavy atom. The third-order valence-corrected chi connectivity index (χ3v) is 10.00. The van der Waals surface area contributed by atoms with Crippen LogP contribution in [0, 0.1) is 12.3 Å². The molecule has 2 bridgehead atoms. The number of thiocarbonyl (C=S) groups is 1. The number of nitrogens with zero attached hydrogens (tertiary/aromatic N) is 6. The van der Waals surface area contributed by atoms with Gasteiger partial charge in [0, 0.05) is 60.0 Å². The van der Waals surface area contributed by atoms with Gasteiger partial charge in [0.05, 0.1) is 10.9 Å². The number of terminal acetylenes is 1. The zero-order valence-electron chi connectivity index (χ0n) is 22.9. The van der Waals surface area contributed by atoms with E-state index in [4.69, 9.17) is 34.3 Å². The van der Waals surface area contributed by atoms with E-state index in [9.17, 15) is 0 Å². The van der Waals surface area contributed by atoms with Gasteiger partial charge in [-0.1, -0.05) is 24.1 Å². The smallest absolute Gasteiger partial charge is 0.169 e. The molecule has 4 aliphatic rings. The number of likely N-dealkylation sites (N-methyl/N-ethyl adjacent to an activating group) is 1. The minimum Gasteiger partial charge on any atom is -0.383 e. The van der Waals surface area contributed by atoms with Crippen molar-refractivity contribution >= 4 is 45.1 Å². The molecular weight excluding hydrogens is 516 g/mol. The van der Waals surface area contributed by atoms with Crippen LogP contribution in [-0.4, -0.2) is 73.2 Å². The van der Waals surface area contributed by atoms with Crippen LogP contribution in [0.2, 0.25) is 0 Å². The van der Waals surface area contributed by atoms with Gasteiger partial charge in [-0.3, -0.25) is 4.98 Å². The molecule has 4 heterocycles. The number of nitrogens with two attached hydrogens (primary N) is 1. The first-order valence-corrected chi connectivity index (χ1v) is 14.6. The van der Waals surface area contributed by atoms with Crippen molar-refractivity contribution in [3.8, 4) is 23.5 Å². The average Bonchev–Trinajstić information content (AvgIpc) is 3.34. The second kappa shape index (κ2) is 9.43. The molecule has 4 fully saturated rings. The maximum absolute atomic E-state index is 6.54. The summed E-state index contributed by atoms with van der Waals surface area (Å²) in [6.07, 6.45) is 15.9. The van der Waals surface area contributed by atoms with Gasteiger partial charge in [-0.15, -0.1) is 6.42 Å². The van der Waals surface area contributed by atoms with E-state index in [-0.39, 0.29) is 11.1 Å². The zero-order valence-corrected chi connectivity index (χ0v) is 23.7. The van der Waals surface area contributed by atoms with Crippen molar-refractivity contribution in [3.63, 3.8) is 0 Å². The second-order valence-corrected chi connectivity index (χ2v) is 12.2. The van der Waals surface area contributed by atoms with E-state index in [1.54, 1.807) is 6.33 Å². The van der Waals surface area contributed by atoms with Gasteiger partial charge in [0.15, 0.2) is 5.11 Å². The molecule has 0 unspecified atom stereocenters. The summed E-state index contributed by atoms with van der Waals surface area (Å²) in [6, 6.07) is 10.2. The predicted octanol–water partition coefficient (Wildman–Crippen LogP) is 4.13. The first-order valence-electron chi connectivity index (χ1n) is 14.1. The van der Waals surface area contributed by atoms with Crippen LogP contribution in [0.4, 0.5) is 5.82 Å². The molecular formula is C31H34N8S. The van der Waals surface area contributed by atoms with Gasteiger partial charge in [0.25, 0.3) is 0 Å². The number of hydrogen-bond donors (Lipinski definition) is 2. The van der Waals surface area contributed by atoms with Gasteiger partial charge in [-0.05, 0) is 69.9 Å². The average molecular weight is 551 g/mol. The molecule has 3 aromatic heterocycles. The van der Waals surface area contributed by atoms with Crippen molar-refractivity contribution in [1.82, 2.24) is 34.6 Å². The minimum absolute atomic E-state index is 0.0422. The molecule has 3 saturated carbocycles. The molecule has 9 heteroatoms. The summed E-state index contributed by atoms with van der Waals surface area (Å²) in [5.41, 5.74) is 10.9. The molecule has 4 aromatic rings. The first kappa shape index (κ1) is 25.2. The van der Waals surface area contributed by atoms with Gasteiger partial charge in [-0.2, -0.15) is 0 Å². The molecule has 0 amide bonds. The Morgan fingerprint density at radius 2 is 1.75 bits per heavy atom. The largest absolute Gasteiger partial charge is 0.383 e. The fourth-order valence-electron chi connectivity index (χ4n) is 7.23. The van der Waals surface area contributed by atoms with Gasteiger partial charge in [0.1, 0.15) is 23.5 Å². The number of para-hydroxylation sites is 1. The van der Waals surface area contributed by atoms with Crippen molar-refractivity contribution in [3.05, 3.63) is 48.5 Å². The summed E-state index contributed by atoms with van der Waals surface area (Å²) < 4.78 is 2.33. The quantitative estimate of drug-likeness (QED) is 0.291. The predicted molar refractivity (Wildman–Crippen MR) is 164 cm³/mol. The number of nitrogen functional groups attached to an aromatic ring is 1. The van der Waals surface area contributed by atoms with Crippen molar-refractivity contribution in [2.45, 2.75) is 49.6 Å². The van der Waals surface area contributed by atoms with Crippen molar-refractivity contribution < 1.29 is 0 Å². The molecule has 0 atom stereocenters. The standard InChI is InChI=1S/C31H34N8S/c1-3-24-25(22-18-21-6-4-5-7-23(21)33-19-22)26-27(32)34-20-35-28(26)39(24)31-11-8-30(9-12-31,10-13-31)36-29(40)38-16-14-37(2)15-17-38/h1,4-7,18-20H,8-17H2,2H3,(H,36,40)(H2,32,34,35). The number of piperazine rings is 1. The molecule has 3 N–H and O–H groups in total. The van der Waals surface area contributed by atoms with E-state index in [0.717, 1.165) is 109 Å². The highest BCUT2D eigenvalue weighted by Crippen LogP contribution is 2.54. The Labute approximate surface area is 240 Å². The Balaban J connectivity index is 1.26. The maximum atomic E-state index is 6.54. The normalized spacial score (nSPS) is 24.9. The molecule has 204 valence electrons. The van der Waals surface area contributed by atoms with Crippen LogP contribution in [0.1, 0.15) is 44.2 Å². The van der Waals surface area contributed by atoms with Crippen molar-refractivity contribution in [2.75, 3.05) is 39.0 Å². The number of rotatable bonds is 3. The Bertz CT molecular complexity index is 1650. The summed E-state index contributed by atoms with van der Waals surface area (Å²) in [6.45, 7) is 4.06. The molecule has 1 saturated heterocycles. The lowest BCUT2D eigenvalue weighted by Crippen LogP contribution is -2.62. The molecule has 1 aromatic carbocycles. The Hall–Kier alpha value is -3.74. The number of aromatic nitrogens is 4. The van der Waals surface area contributed by atoms with E-state index < -0.39 is 0 Å². The highest BCUT2D eigenvalue weighted by Gasteiger charge is 2.51. The Morgan fingerprint density at radius 3 is 2.48 bits per heavy atom. The van der Waals surface area contributed by atoms with Crippen LogP contribution in [0.25, 0.3) is 33.1 Å². The third kappa shape index (κ3) is 3.93. The third-order valence-electron chi connectivity index (χ3n) is 9.64. The highest BCUT2D eigenvalue weighted by molar-refractivity contribution is 7.80. The molecule has 0 radical (unpaired) electrons. The number of benzene rings is 1. The summed E-state index contributed by atoms with van der Waals surface area (Å²) in [5.74, 6) is 3.50. The SMILES string of the molecule is C#Cc1c(-c2cnc3ccccc3c2)c2c(N)ncnc2n1C12CCC(NC(=S)N3CCN(C)CC3)(CC1)CC2. The summed E-state index contributed by atoms with van der Waals surface area (Å²) in [4.78, 5) is 18.6. The molecule has 0 spiro atoms. The lowest BCUT2D eigenvalue weighted by molar-refractivity contribution is 0.0429. The van der Waals surface area contributed by atoms with Crippen LogP contribution < -0.4 is 11.1 Å². The van der Waals surface area contributed by atoms with Gasteiger partial charge in [-0.25, -0.2) is 9.97 Å². The number of hydrogen-bond acceptors (Lipinski definition) is 6. The van der Waals surface area contributed by atoms with Gasteiger partial charge < -0.3 is 25.4 Å². The van der Waals surface area contributed by atoms with E-state index in [1.807, 2.05) is 24.4 Å². The minimum atomic E-state index is -0.123. The van der Waals surface area contributed by atoms with Gasteiger partial charge in [0.2, 0.25) is 0 Å². The lowest BCUT2D eigenvalue weighted by atomic mass is 9.61. The monoisotopic (exact) mass is 550 g/mol. The fourth-order valence-corrected chi connectivity index (χ4v) is 7.63. The highest BCUT2D eigenvalue weighted by atomic mass is 32.1. The number of fused-ring (bicyclic) bond motifs is 5. The number of pyridine rings is 1. The lowest BCUT2D eigenvalue weighted by Gasteiger charge is -2.55. The van der Waals surface area contributed by atoms with Crippen LogP contribution in [0.3, 0.4) is 0 Å². The van der Waals surface area contributed by atoms with Gasteiger partial charge >= 0.3 is 0 Å². The zero-order chi connectivity index (χ0) is 27.5. The van der Waals surface area contributed by atoms with Crippen molar-refractivity contribution in [1.29, 1.82) is 0 Å². The molecule has 3 aliphatic carbocycles. The van der Waals surface area contributed by atoms with Crippen LogP contribution in [0.15, 0.2) is 42.9 Å². The fraction of sp³-hybridized carbons (Fsp3) is 0.419. The van der Waals surface area contributed by atoms with E-state index in [0.29, 0.717) is 5.82 Å². The summed E-state index contributed by atoms with van der Waals surface area (Å²) in [7, 11) is 2.17. The number of nitrogens with one attached hydrogen (secondary N) is 1. The molecule has 8 nitrogen and oxygen atoms in total. The number of anilines is 1. The maximum Gasteiger partial charge on any atom is 0.169 e. The summed E-state index contributed by atoms with van der Waals surface area (Å²) in [5, 5.41) is 6.61. The first-order chi connectivity index (χ1) is 19.4. The summed E-state index contributed by atoms with van der Waals surface area (Å²) >= 11 is 5.91. The van der Waals surface area contributed by atoms with E-state index >= 15 is 0 Å². The van der Waals surface area contributed by atoms with E-state index in [1.165, 1.54) is 0 Å². The molecule has 8 rings (SSSR count). The van der Waals surface area contributed by atoms with Crippen LogP contribution >= 0.6 is 12.2 Å². The molecule has 1 aliphatic heterocycles. The molecule has 40 heavy (non-hydrogen) atoms. The van der Waals surface area contributed by atoms with Crippen molar-refractivity contribution in [2.24, 2.45) is 0 Å². The van der Waals surface area contributed by atoms with E-state index in [2.05, 4.69) is 49.8 Å².